The Labute approximate surface area is 161 Å². The molecule has 0 saturated heterocycles. The number of nitrogens with zero attached hydrogens (tertiary/aromatic N) is 4. The van der Waals surface area contributed by atoms with Gasteiger partial charge in [0, 0.05) is 16.6 Å². The summed E-state index contributed by atoms with van der Waals surface area (Å²) in [5, 5.41) is 0. The van der Waals surface area contributed by atoms with Gasteiger partial charge in [-0.3, -0.25) is 14.8 Å². The van der Waals surface area contributed by atoms with Crippen molar-refractivity contribution in [2.24, 2.45) is 10.9 Å². The topological polar surface area (TPSA) is 64.6 Å². The number of hydrogen-bond acceptors (Lipinski definition) is 3. The number of rotatable bonds is 4. The number of urea groups is 1. The predicted molar refractivity (Wildman–Crippen MR) is 107 cm³/mol. The molecule has 7 heteroatoms. The maximum atomic E-state index is 13.0. The summed E-state index contributed by atoms with van der Waals surface area (Å²) >= 11 is 3.46. The summed E-state index contributed by atoms with van der Waals surface area (Å²) in [7, 11) is 0. The van der Waals surface area contributed by atoms with Gasteiger partial charge in [-0.1, -0.05) is 48.8 Å². The fourth-order valence-corrected chi connectivity index (χ4v) is 3.65. The minimum atomic E-state index is -0.0184. The summed E-state index contributed by atoms with van der Waals surface area (Å²) in [6.45, 7) is 7.63. The van der Waals surface area contributed by atoms with Gasteiger partial charge in [0.15, 0.2) is 11.7 Å². The number of aromatic nitrogens is 2. The van der Waals surface area contributed by atoms with E-state index >= 15 is 0 Å². The monoisotopic (exact) mass is 415 g/mol. The largest absolute Gasteiger partial charge is 0.334 e. The molecule has 1 atom stereocenters. The minimum absolute atomic E-state index is 0.0184. The Morgan fingerprint density at radius 1 is 1.31 bits per heavy atom. The van der Waals surface area contributed by atoms with Crippen molar-refractivity contribution in [3.63, 3.8) is 0 Å². The molecular weight excluding hydrogens is 394 g/mol. The number of nitrogens with one attached hydrogen (secondary N) is 1. The Balaban J connectivity index is 1.82. The number of aliphatic imine (C=N–C) groups is 1. The van der Waals surface area contributed by atoms with Crippen molar-refractivity contribution in [1.82, 2.24) is 14.9 Å². The van der Waals surface area contributed by atoms with Gasteiger partial charge in [0.1, 0.15) is 11.5 Å². The minimum Gasteiger partial charge on any atom is -0.334 e. The molecule has 1 aromatic carbocycles. The van der Waals surface area contributed by atoms with E-state index < -0.39 is 0 Å². The van der Waals surface area contributed by atoms with Crippen LogP contribution in [0.3, 0.4) is 0 Å². The molecule has 2 aromatic rings. The fraction of sp³-hybridized carbons (Fsp3) is 0.421. The van der Waals surface area contributed by atoms with Crippen molar-refractivity contribution in [3.8, 4) is 11.4 Å². The van der Waals surface area contributed by atoms with Crippen molar-refractivity contribution < 1.29 is 4.79 Å². The molecule has 0 saturated carbocycles. The maximum absolute atomic E-state index is 13.0. The van der Waals surface area contributed by atoms with Crippen LogP contribution in [0.4, 0.5) is 10.6 Å². The number of halogens is 1. The van der Waals surface area contributed by atoms with Crippen LogP contribution >= 0.6 is 15.9 Å². The zero-order chi connectivity index (χ0) is 18.4. The standard InChI is InChI=1S/C19H22BrN5O/c1-4-9-24-18-15(17-21-14(11(2)3)10-25(17)19(24)26)22-16(23-18)12-5-7-13(20)8-6-12/h5-8,11,14H,4,9-10H2,1-3H3,(H,22,23)/t14-/m0/s1. The summed E-state index contributed by atoms with van der Waals surface area (Å²) in [4.78, 5) is 29.6. The number of anilines is 1. The molecule has 0 fully saturated rings. The van der Waals surface area contributed by atoms with Crippen LogP contribution in [0.25, 0.3) is 11.4 Å². The van der Waals surface area contributed by atoms with E-state index in [2.05, 4.69) is 41.7 Å². The second-order valence-corrected chi connectivity index (χ2v) is 8.02. The predicted octanol–water partition coefficient (Wildman–Crippen LogP) is 4.28. The molecule has 26 heavy (non-hydrogen) atoms. The van der Waals surface area contributed by atoms with Crippen LogP contribution in [-0.2, 0) is 0 Å². The van der Waals surface area contributed by atoms with Crippen LogP contribution < -0.4 is 4.90 Å². The number of imidazole rings is 1. The maximum Gasteiger partial charge on any atom is 0.331 e. The van der Waals surface area contributed by atoms with E-state index in [1.165, 1.54) is 0 Å². The lowest BCUT2D eigenvalue weighted by molar-refractivity contribution is 0.225. The Hall–Kier alpha value is -2.15. The zero-order valence-corrected chi connectivity index (χ0v) is 16.7. The summed E-state index contributed by atoms with van der Waals surface area (Å²) in [5.74, 6) is 2.56. The van der Waals surface area contributed by atoms with Gasteiger partial charge in [0.2, 0.25) is 0 Å². The lowest BCUT2D eigenvalue weighted by atomic mass is 10.1. The van der Waals surface area contributed by atoms with Crippen molar-refractivity contribution in [2.75, 3.05) is 18.0 Å². The normalized spacial score (nSPS) is 19.0. The first kappa shape index (κ1) is 17.3. The second kappa shape index (κ2) is 6.54. The Kier molecular flexibility index (Phi) is 4.34. The number of carbonyl (C=O) groups excluding carboxylic acids is 1. The Morgan fingerprint density at radius 2 is 2.04 bits per heavy atom. The van der Waals surface area contributed by atoms with E-state index in [4.69, 9.17) is 9.98 Å². The summed E-state index contributed by atoms with van der Waals surface area (Å²) in [5.41, 5.74) is 1.83. The quantitative estimate of drug-likeness (QED) is 0.809. The number of aromatic amines is 1. The molecule has 2 amide bonds. The van der Waals surface area contributed by atoms with Crippen molar-refractivity contribution in [3.05, 3.63) is 34.4 Å². The van der Waals surface area contributed by atoms with Crippen LogP contribution in [0.15, 0.2) is 33.7 Å². The number of benzene rings is 1. The first-order chi connectivity index (χ1) is 12.5. The average Bonchev–Trinajstić information content (AvgIpc) is 3.24. The van der Waals surface area contributed by atoms with E-state index in [-0.39, 0.29) is 12.1 Å². The van der Waals surface area contributed by atoms with Gasteiger partial charge in [-0.15, -0.1) is 0 Å². The third-order valence-electron chi connectivity index (χ3n) is 4.87. The van der Waals surface area contributed by atoms with Gasteiger partial charge in [-0.2, -0.15) is 0 Å². The molecule has 1 N–H and O–H groups in total. The highest BCUT2D eigenvalue weighted by Crippen LogP contribution is 2.34. The summed E-state index contributed by atoms with van der Waals surface area (Å²) < 4.78 is 1.02. The lowest BCUT2D eigenvalue weighted by Crippen LogP contribution is -2.50. The fourth-order valence-electron chi connectivity index (χ4n) is 3.39. The van der Waals surface area contributed by atoms with Crippen LogP contribution in [0.2, 0.25) is 0 Å². The molecule has 0 bridgehead atoms. The van der Waals surface area contributed by atoms with Gasteiger partial charge in [0.05, 0.1) is 12.6 Å². The average molecular weight is 416 g/mol. The molecule has 4 rings (SSSR count). The van der Waals surface area contributed by atoms with E-state index in [9.17, 15) is 4.79 Å². The van der Waals surface area contributed by atoms with E-state index in [0.717, 1.165) is 33.8 Å². The third-order valence-corrected chi connectivity index (χ3v) is 5.40. The van der Waals surface area contributed by atoms with Gasteiger partial charge < -0.3 is 4.98 Å². The lowest BCUT2D eigenvalue weighted by Gasteiger charge is -2.32. The molecule has 0 spiro atoms. The smallest absolute Gasteiger partial charge is 0.331 e. The molecule has 6 nitrogen and oxygen atoms in total. The Bertz CT molecular complexity index is 871. The molecule has 1 aromatic heterocycles. The molecule has 2 aliphatic rings. The second-order valence-electron chi connectivity index (χ2n) is 7.10. The molecular formula is C19H22BrN5O. The molecule has 0 radical (unpaired) electrons. The van der Waals surface area contributed by atoms with Crippen molar-refractivity contribution in [1.29, 1.82) is 0 Å². The van der Waals surface area contributed by atoms with Crippen molar-refractivity contribution in [2.45, 2.75) is 33.2 Å². The van der Waals surface area contributed by atoms with E-state index in [1.54, 1.807) is 9.80 Å². The van der Waals surface area contributed by atoms with E-state index in [0.29, 0.717) is 24.8 Å². The number of amides is 2. The molecule has 0 aliphatic carbocycles. The first-order valence-electron chi connectivity index (χ1n) is 9.02. The molecule has 0 unspecified atom stereocenters. The number of carbonyl (C=O) groups is 1. The Morgan fingerprint density at radius 3 is 2.69 bits per heavy atom. The number of amidine groups is 1. The highest BCUT2D eigenvalue weighted by molar-refractivity contribution is 9.10. The number of H-pyrrole nitrogens is 1. The van der Waals surface area contributed by atoms with Gasteiger partial charge in [-0.05, 0) is 24.5 Å². The van der Waals surface area contributed by atoms with Crippen LogP contribution in [0, 0.1) is 5.92 Å². The van der Waals surface area contributed by atoms with Crippen LogP contribution in [-0.4, -0.2) is 45.9 Å². The third kappa shape index (κ3) is 2.74. The SMILES string of the molecule is CCCN1C(=O)N2C[C@@H](C(C)C)N=C2c2[nH]c(-c3ccc(Br)cc3)nc21. The van der Waals surface area contributed by atoms with Crippen LogP contribution in [0.1, 0.15) is 32.9 Å². The molecule has 2 aliphatic heterocycles. The number of fused-ring (bicyclic) bond motifs is 3. The summed E-state index contributed by atoms with van der Waals surface area (Å²) in [6.07, 6.45) is 0.875. The zero-order valence-electron chi connectivity index (χ0n) is 15.2. The number of hydrogen-bond donors (Lipinski definition) is 1. The highest BCUT2D eigenvalue weighted by atomic mass is 79.9. The van der Waals surface area contributed by atoms with E-state index in [1.807, 2.05) is 24.3 Å². The summed E-state index contributed by atoms with van der Waals surface area (Å²) in [6, 6.07) is 8.09. The first-order valence-corrected chi connectivity index (χ1v) is 9.82. The molecule has 3 heterocycles. The van der Waals surface area contributed by atoms with Crippen molar-refractivity contribution >= 4 is 33.6 Å². The van der Waals surface area contributed by atoms with Gasteiger partial charge in [0.25, 0.3) is 0 Å². The molecule has 136 valence electrons. The van der Waals surface area contributed by atoms with Gasteiger partial charge in [-0.25, -0.2) is 9.78 Å². The van der Waals surface area contributed by atoms with Gasteiger partial charge >= 0.3 is 6.03 Å². The highest BCUT2D eigenvalue weighted by Gasteiger charge is 2.42. The van der Waals surface area contributed by atoms with Crippen LogP contribution in [0.5, 0.6) is 0 Å².